The molecule has 0 aliphatic carbocycles. The third-order valence-corrected chi connectivity index (χ3v) is 3.71. The van der Waals surface area contributed by atoms with E-state index in [1.165, 1.54) is 7.11 Å². The lowest BCUT2D eigenvalue weighted by atomic mass is 10.1. The average Bonchev–Trinajstić information content (AvgIpc) is 2.48. The van der Waals surface area contributed by atoms with Crippen molar-refractivity contribution in [3.05, 3.63) is 62.5 Å². The molecule has 21 heavy (non-hydrogen) atoms. The third-order valence-electron chi connectivity index (χ3n) is 2.72. The topological polar surface area (TPSA) is 55.4 Å². The molecule has 108 valence electrons. The number of esters is 1. The molecule has 1 amide bonds. The van der Waals surface area contributed by atoms with Crippen LogP contribution in [0.25, 0.3) is 0 Å². The number of carbonyl (C=O) groups excluding carboxylic acids is 2. The van der Waals surface area contributed by atoms with E-state index in [-0.39, 0.29) is 11.5 Å². The molecular weight excluding hydrogens is 402 g/mol. The smallest absolute Gasteiger partial charge is 0.340 e. The first kappa shape index (κ1) is 15.7. The molecule has 0 saturated carbocycles. The quantitative estimate of drug-likeness (QED) is 0.766. The molecule has 0 radical (unpaired) electrons. The van der Waals surface area contributed by atoms with Crippen LogP contribution in [0, 0.1) is 0 Å². The maximum atomic E-state index is 12.2. The first-order valence-electron chi connectivity index (χ1n) is 5.96. The molecule has 0 saturated heterocycles. The molecule has 0 aliphatic rings. The van der Waals surface area contributed by atoms with Crippen molar-refractivity contribution in [3.63, 3.8) is 0 Å². The van der Waals surface area contributed by atoms with E-state index in [1.807, 2.05) is 6.07 Å². The van der Waals surface area contributed by atoms with Gasteiger partial charge in [-0.25, -0.2) is 4.79 Å². The highest BCUT2D eigenvalue weighted by Gasteiger charge is 2.15. The first-order chi connectivity index (χ1) is 10.0. The molecule has 2 rings (SSSR count). The Labute approximate surface area is 138 Å². The largest absolute Gasteiger partial charge is 0.465 e. The summed E-state index contributed by atoms with van der Waals surface area (Å²) in [6.45, 7) is 0. The lowest BCUT2D eigenvalue weighted by Crippen LogP contribution is -2.15. The normalized spacial score (nSPS) is 10.0. The third kappa shape index (κ3) is 3.92. The van der Waals surface area contributed by atoms with Gasteiger partial charge in [0, 0.05) is 14.5 Å². The number of hydrogen-bond acceptors (Lipinski definition) is 3. The van der Waals surface area contributed by atoms with E-state index in [2.05, 4.69) is 37.2 Å². The monoisotopic (exact) mass is 411 g/mol. The number of halogens is 2. The molecule has 0 atom stereocenters. The Hall–Kier alpha value is -1.66. The molecule has 2 aromatic rings. The fourth-order valence-electron chi connectivity index (χ4n) is 1.73. The standard InChI is InChI=1S/C15H11Br2NO3/c1-21-15(20)12-8-11(17)5-6-13(12)18-14(19)9-3-2-4-10(16)7-9/h2-8H,1H3,(H,18,19). The van der Waals surface area contributed by atoms with Crippen molar-refractivity contribution in [3.8, 4) is 0 Å². The molecular formula is C15H11Br2NO3. The lowest BCUT2D eigenvalue weighted by Gasteiger charge is -2.10. The van der Waals surface area contributed by atoms with Crippen LogP contribution in [0.1, 0.15) is 20.7 Å². The molecule has 4 nitrogen and oxygen atoms in total. The number of rotatable bonds is 3. The number of methoxy groups -OCH3 is 1. The fraction of sp³-hybridized carbons (Fsp3) is 0.0667. The van der Waals surface area contributed by atoms with E-state index in [1.54, 1.807) is 36.4 Å². The highest BCUT2D eigenvalue weighted by Crippen LogP contribution is 2.23. The van der Waals surface area contributed by atoms with Crippen LogP contribution in [0.5, 0.6) is 0 Å². The number of anilines is 1. The van der Waals surface area contributed by atoms with Gasteiger partial charge in [0.1, 0.15) is 0 Å². The number of hydrogen-bond donors (Lipinski definition) is 1. The molecule has 0 unspecified atom stereocenters. The van der Waals surface area contributed by atoms with Crippen molar-refractivity contribution in [2.75, 3.05) is 12.4 Å². The lowest BCUT2D eigenvalue weighted by molar-refractivity contribution is 0.0602. The van der Waals surface area contributed by atoms with Crippen molar-refractivity contribution < 1.29 is 14.3 Å². The van der Waals surface area contributed by atoms with E-state index >= 15 is 0 Å². The Morgan fingerprint density at radius 3 is 2.43 bits per heavy atom. The average molecular weight is 413 g/mol. The van der Waals surface area contributed by atoms with Gasteiger partial charge in [-0.2, -0.15) is 0 Å². The van der Waals surface area contributed by atoms with Crippen LogP contribution in [0.15, 0.2) is 51.4 Å². The van der Waals surface area contributed by atoms with Crippen molar-refractivity contribution in [2.24, 2.45) is 0 Å². The molecule has 6 heteroatoms. The Balaban J connectivity index is 2.31. The molecule has 0 aliphatic heterocycles. The zero-order valence-electron chi connectivity index (χ0n) is 11.0. The summed E-state index contributed by atoms with van der Waals surface area (Å²) in [6, 6.07) is 12.0. The van der Waals surface area contributed by atoms with Gasteiger partial charge in [-0.3, -0.25) is 4.79 Å². The maximum absolute atomic E-state index is 12.2. The summed E-state index contributed by atoms with van der Waals surface area (Å²) >= 11 is 6.60. The van der Waals surface area contributed by atoms with Gasteiger partial charge < -0.3 is 10.1 Å². The van der Waals surface area contributed by atoms with Gasteiger partial charge in [0.2, 0.25) is 0 Å². The Morgan fingerprint density at radius 1 is 1.05 bits per heavy atom. The summed E-state index contributed by atoms with van der Waals surface area (Å²) in [5.41, 5.74) is 1.17. The number of nitrogens with one attached hydrogen (secondary N) is 1. The van der Waals surface area contributed by atoms with Crippen molar-refractivity contribution >= 4 is 49.4 Å². The van der Waals surface area contributed by atoms with Gasteiger partial charge in [-0.05, 0) is 36.4 Å². The SMILES string of the molecule is COC(=O)c1cc(Br)ccc1NC(=O)c1cccc(Br)c1. The summed E-state index contributed by atoms with van der Waals surface area (Å²) in [7, 11) is 1.29. The minimum absolute atomic E-state index is 0.287. The number of benzene rings is 2. The summed E-state index contributed by atoms with van der Waals surface area (Å²) in [5.74, 6) is -0.815. The summed E-state index contributed by atoms with van der Waals surface area (Å²) in [6.07, 6.45) is 0. The van der Waals surface area contributed by atoms with E-state index in [0.29, 0.717) is 11.3 Å². The molecule has 0 heterocycles. The van der Waals surface area contributed by atoms with Gasteiger partial charge >= 0.3 is 5.97 Å². The van der Waals surface area contributed by atoms with Crippen LogP contribution in [0.4, 0.5) is 5.69 Å². The highest BCUT2D eigenvalue weighted by atomic mass is 79.9. The minimum atomic E-state index is -0.513. The van der Waals surface area contributed by atoms with Gasteiger partial charge in [0.15, 0.2) is 0 Å². The number of amides is 1. The zero-order valence-corrected chi connectivity index (χ0v) is 14.2. The molecule has 2 aromatic carbocycles. The number of carbonyl (C=O) groups is 2. The van der Waals surface area contributed by atoms with Crippen LogP contribution in [0.2, 0.25) is 0 Å². The van der Waals surface area contributed by atoms with Gasteiger partial charge in [-0.15, -0.1) is 0 Å². The second-order valence-corrected chi connectivity index (χ2v) is 5.98. The Kier molecular flexibility index (Phi) is 5.14. The first-order valence-corrected chi connectivity index (χ1v) is 7.54. The van der Waals surface area contributed by atoms with Crippen LogP contribution >= 0.6 is 31.9 Å². The summed E-state index contributed by atoms with van der Waals surface area (Å²) < 4.78 is 6.25. The number of ether oxygens (including phenoxy) is 1. The van der Waals surface area contributed by atoms with E-state index in [9.17, 15) is 9.59 Å². The highest BCUT2D eigenvalue weighted by molar-refractivity contribution is 9.10. The second-order valence-electron chi connectivity index (χ2n) is 4.15. The van der Waals surface area contributed by atoms with Crippen LogP contribution in [-0.4, -0.2) is 19.0 Å². The fourth-order valence-corrected chi connectivity index (χ4v) is 2.49. The van der Waals surface area contributed by atoms with E-state index in [0.717, 1.165) is 8.95 Å². The van der Waals surface area contributed by atoms with E-state index < -0.39 is 5.97 Å². The van der Waals surface area contributed by atoms with Crippen molar-refractivity contribution in [1.82, 2.24) is 0 Å². The molecule has 1 N–H and O–H groups in total. The van der Waals surface area contributed by atoms with Crippen LogP contribution in [-0.2, 0) is 4.74 Å². The molecule has 0 bridgehead atoms. The molecule has 0 spiro atoms. The Bertz CT molecular complexity index is 701. The predicted octanol–water partition coefficient (Wildman–Crippen LogP) is 4.25. The zero-order chi connectivity index (χ0) is 15.4. The predicted molar refractivity (Wildman–Crippen MR) is 87.6 cm³/mol. The van der Waals surface area contributed by atoms with Gasteiger partial charge in [0.25, 0.3) is 5.91 Å². The summed E-state index contributed by atoms with van der Waals surface area (Å²) in [5, 5.41) is 2.72. The van der Waals surface area contributed by atoms with Crippen molar-refractivity contribution in [2.45, 2.75) is 0 Å². The van der Waals surface area contributed by atoms with Crippen LogP contribution < -0.4 is 5.32 Å². The van der Waals surface area contributed by atoms with Gasteiger partial charge in [0.05, 0.1) is 18.4 Å². The van der Waals surface area contributed by atoms with Gasteiger partial charge in [-0.1, -0.05) is 37.9 Å². The minimum Gasteiger partial charge on any atom is -0.465 e. The molecule has 0 aromatic heterocycles. The maximum Gasteiger partial charge on any atom is 0.340 e. The van der Waals surface area contributed by atoms with E-state index in [4.69, 9.17) is 4.74 Å². The second kappa shape index (κ2) is 6.87. The Morgan fingerprint density at radius 2 is 1.76 bits per heavy atom. The van der Waals surface area contributed by atoms with Crippen LogP contribution in [0.3, 0.4) is 0 Å². The van der Waals surface area contributed by atoms with Crippen molar-refractivity contribution in [1.29, 1.82) is 0 Å². The summed E-state index contributed by atoms with van der Waals surface area (Å²) in [4.78, 5) is 24.0. The molecule has 0 fully saturated rings.